The largest absolute Gasteiger partial charge is 0.468 e. The van der Waals surface area contributed by atoms with E-state index in [9.17, 15) is 14.4 Å². The first-order chi connectivity index (χ1) is 14.4. The third-order valence-corrected chi connectivity index (χ3v) is 5.30. The molecule has 30 heavy (non-hydrogen) atoms. The van der Waals surface area contributed by atoms with Crippen molar-refractivity contribution in [3.63, 3.8) is 0 Å². The number of hydrogen-bond acceptors (Lipinski definition) is 5. The van der Waals surface area contributed by atoms with Crippen molar-refractivity contribution in [2.45, 2.75) is 25.9 Å². The number of anilines is 1. The lowest BCUT2D eigenvalue weighted by molar-refractivity contribution is -0.149. The lowest BCUT2D eigenvalue weighted by atomic mass is 9.94. The van der Waals surface area contributed by atoms with Gasteiger partial charge in [0.25, 0.3) is 0 Å². The van der Waals surface area contributed by atoms with Crippen LogP contribution < -0.4 is 5.32 Å². The van der Waals surface area contributed by atoms with E-state index in [1.807, 2.05) is 60.4 Å². The van der Waals surface area contributed by atoms with Crippen LogP contribution in [0.5, 0.6) is 0 Å². The van der Waals surface area contributed by atoms with E-state index in [2.05, 4.69) is 5.32 Å². The topological polar surface area (TPSA) is 79.0 Å². The lowest BCUT2D eigenvalue weighted by Gasteiger charge is -2.35. The number of carbonyl (C=O) groups is 3. The first-order valence-electron chi connectivity index (χ1n) is 9.86. The molecule has 7 heteroatoms. The van der Waals surface area contributed by atoms with Gasteiger partial charge in [-0.3, -0.25) is 19.3 Å². The van der Waals surface area contributed by atoms with Crippen LogP contribution >= 0.6 is 0 Å². The number of carbonyl (C=O) groups excluding carboxylic acids is 3. The number of nitrogens with zero attached hydrogens (tertiary/aromatic N) is 2. The van der Waals surface area contributed by atoms with Crippen LogP contribution in [0.4, 0.5) is 5.69 Å². The summed E-state index contributed by atoms with van der Waals surface area (Å²) in [5.74, 6) is -0.873. The summed E-state index contributed by atoms with van der Waals surface area (Å²) in [5, 5.41) is 2.79. The van der Waals surface area contributed by atoms with E-state index < -0.39 is 6.04 Å². The Balaban J connectivity index is 1.62. The molecule has 0 aliphatic carbocycles. The van der Waals surface area contributed by atoms with Gasteiger partial charge in [0.05, 0.1) is 20.2 Å². The smallest absolute Gasteiger partial charge is 0.323 e. The highest BCUT2D eigenvalue weighted by Gasteiger charge is 2.33. The number of hydrogen-bond donors (Lipinski definition) is 1. The van der Waals surface area contributed by atoms with Crippen LogP contribution in [0.2, 0.25) is 0 Å². The minimum absolute atomic E-state index is 0.0302. The predicted molar refractivity (Wildman–Crippen MR) is 114 cm³/mol. The van der Waals surface area contributed by atoms with E-state index in [4.69, 9.17) is 4.74 Å². The van der Waals surface area contributed by atoms with E-state index in [1.54, 1.807) is 7.05 Å². The molecule has 2 aromatic carbocycles. The first kappa shape index (κ1) is 21.5. The monoisotopic (exact) mass is 409 g/mol. The Hall–Kier alpha value is -3.19. The maximum Gasteiger partial charge on any atom is 0.323 e. The van der Waals surface area contributed by atoms with Crippen molar-refractivity contribution in [2.75, 3.05) is 32.6 Å². The van der Waals surface area contributed by atoms with Crippen molar-refractivity contribution >= 4 is 23.5 Å². The van der Waals surface area contributed by atoms with Gasteiger partial charge in [0.15, 0.2) is 0 Å². The highest BCUT2D eigenvalue weighted by Crippen LogP contribution is 2.24. The molecule has 0 radical (unpaired) electrons. The van der Waals surface area contributed by atoms with E-state index in [0.29, 0.717) is 18.7 Å². The van der Waals surface area contributed by atoms with Crippen LogP contribution in [0.1, 0.15) is 16.7 Å². The zero-order valence-electron chi connectivity index (χ0n) is 17.6. The molecular weight excluding hydrogens is 382 g/mol. The van der Waals surface area contributed by atoms with Crippen LogP contribution in [0.25, 0.3) is 0 Å². The third-order valence-electron chi connectivity index (χ3n) is 5.30. The summed E-state index contributed by atoms with van der Waals surface area (Å²) >= 11 is 0. The predicted octanol–water partition coefficient (Wildman–Crippen LogP) is 1.99. The Bertz CT molecular complexity index is 926. The van der Waals surface area contributed by atoms with Crippen LogP contribution in [0, 0.1) is 6.92 Å². The maximum atomic E-state index is 12.8. The van der Waals surface area contributed by atoms with Gasteiger partial charge in [0.2, 0.25) is 11.8 Å². The van der Waals surface area contributed by atoms with Crippen molar-refractivity contribution in [1.82, 2.24) is 9.80 Å². The van der Waals surface area contributed by atoms with Crippen molar-refractivity contribution in [3.05, 3.63) is 65.2 Å². The summed E-state index contributed by atoms with van der Waals surface area (Å²) in [6, 6.07) is 14.8. The average Bonchev–Trinajstić information content (AvgIpc) is 2.74. The van der Waals surface area contributed by atoms with Gasteiger partial charge >= 0.3 is 5.97 Å². The molecule has 3 rings (SSSR count). The van der Waals surface area contributed by atoms with Crippen LogP contribution in [-0.4, -0.2) is 60.9 Å². The third kappa shape index (κ3) is 5.24. The number of ether oxygens (including phenoxy) is 1. The zero-order chi connectivity index (χ0) is 21.7. The minimum atomic E-state index is -0.524. The summed E-state index contributed by atoms with van der Waals surface area (Å²) in [6.07, 6.45) is 0.494. The van der Waals surface area contributed by atoms with E-state index in [-0.39, 0.29) is 30.9 Å². The number of amides is 2. The Morgan fingerprint density at radius 3 is 2.43 bits per heavy atom. The second-order valence-corrected chi connectivity index (χ2v) is 7.58. The van der Waals surface area contributed by atoms with Crippen molar-refractivity contribution in [2.24, 2.45) is 0 Å². The van der Waals surface area contributed by atoms with Gasteiger partial charge in [0.1, 0.15) is 6.04 Å². The molecule has 0 aromatic heterocycles. The van der Waals surface area contributed by atoms with Gasteiger partial charge in [-0.05, 0) is 36.6 Å². The van der Waals surface area contributed by atoms with Crippen molar-refractivity contribution < 1.29 is 19.1 Å². The van der Waals surface area contributed by atoms with Crippen LogP contribution in [-0.2, 0) is 32.1 Å². The first-order valence-corrected chi connectivity index (χ1v) is 9.86. The van der Waals surface area contributed by atoms with Gasteiger partial charge in [-0.25, -0.2) is 0 Å². The number of rotatable bonds is 6. The summed E-state index contributed by atoms with van der Waals surface area (Å²) in [7, 11) is 2.94. The molecule has 2 aromatic rings. The molecule has 0 unspecified atom stereocenters. The molecule has 1 aliphatic heterocycles. The van der Waals surface area contributed by atoms with E-state index in [0.717, 1.165) is 16.7 Å². The normalized spacial score (nSPS) is 15.8. The number of fused-ring (bicyclic) bond motifs is 1. The summed E-state index contributed by atoms with van der Waals surface area (Å²) in [6.45, 7) is 2.41. The Kier molecular flexibility index (Phi) is 6.84. The zero-order valence-corrected chi connectivity index (χ0v) is 17.6. The average molecular weight is 409 g/mol. The fourth-order valence-electron chi connectivity index (χ4n) is 3.55. The molecule has 0 saturated carbocycles. The number of benzene rings is 2. The number of nitrogens with one attached hydrogen (secondary N) is 1. The maximum absolute atomic E-state index is 12.8. The molecule has 0 bridgehead atoms. The molecule has 1 atom stereocenters. The number of methoxy groups -OCH3 is 1. The summed E-state index contributed by atoms with van der Waals surface area (Å²) in [4.78, 5) is 40.5. The van der Waals surface area contributed by atoms with Crippen LogP contribution in [0.15, 0.2) is 48.5 Å². The fraction of sp³-hybridized carbons (Fsp3) is 0.348. The highest BCUT2D eigenvalue weighted by molar-refractivity contribution is 5.94. The molecule has 0 fully saturated rings. The summed E-state index contributed by atoms with van der Waals surface area (Å²) < 4.78 is 4.95. The number of esters is 1. The molecular formula is C23H27N3O4. The van der Waals surface area contributed by atoms with Gasteiger partial charge < -0.3 is 15.0 Å². The summed E-state index contributed by atoms with van der Waals surface area (Å²) in [5.41, 5.74) is 3.96. The molecule has 1 N–H and O–H groups in total. The molecule has 0 saturated heterocycles. The molecule has 1 heterocycles. The highest BCUT2D eigenvalue weighted by atomic mass is 16.5. The lowest BCUT2D eigenvalue weighted by Crippen LogP contribution is -2.50. The fourth-order valence-corrected chi connectivity index (χ4v) is 3.55. The molecule has 158 valence electrons. The van der Waals surface area contributed by atoms with Gasteiger partial charge in [-0.2, -0.15) is 0 Å². The number of aryl methyl sites for hydroxylation is 1. The quantitative estimate of drug-likeness (QED) is 0.739. The molecule has 7 nitrogen and oxygen atoms in total. The Morgan fingerprint density at radius 2 is 1.77 bits per heavy atom. The standard InChI is InChI=1S/C23H27N3O4/c1-16-8-10-19(11-9-16)24-21(27)14-25(2)22(28)15-26-13-18-7-5-4-6-17(18)12-20(26)23(29)30-3/h4-11,20H,12-15H2,1-3H3,(H,24,27)/t20-/m0/s1. The minimum Gasteiger partial charge on any atom is -0.468 e. The molecule has 2 amide bonds. The van der Waals surface area contributed by atoms with E-state index in [1.165, 1.54) is 12.0 Å². The SMILES string of the molecule is COC(=O)[C@@H]1Cc2ccccc2CN1CC(=O)N(C)CC(=O)Nc1ccc(C)cc1. The van der Waals surface area contributed by atoms with Gasteiger partial charge in [0, 0.05) is 19.3 Å². The molecule has 1 aliphatic rings. The number of likely N-dealkylation sites (N-methyl/N-ethyl adjacent to an activating group) is 1. The van der Waals surface area contributed by atoms with Crippen LogP contribution in [0.3, 0.4) is 0 Å². The molecule has 0 spiro atoms. The van der Waals surface area contributed by atoms with E-state index >= 15 is 0 Å². The van der Waals surface area contributed by atoms with Gasteiger partial charge in [-0.1, -0.05) is 42.0 Å². The van der Waals surface area contributed by atoms with Gasteiger partial charge in [-0.15, -0.1) is 0 Å². The Labute approximate surface area is 176 Å². The van der Waals surface area contributed by atoms with Crippen molar-refractivity contribution in [3.8, 4) is 0 Å². The second-order valence-electron chi connectivity index (χ2n) is 7.58. The Morgan fingerprint density at radius 1 is 1.10 bits per heavy atom. The van der Waals surface area contributed by atoms with Crippen molar-refractivity contribution in [1.29, 1.82) is 0 Å². The second kappa shape index (κ2) is 9.54.